The Morgan fingerprint density at radius 2 is 1.89 bits per heavy atom. The maximum Gasteiger partial charge on any atom is 0.343 e. The number of aliphatic imine (C=N–C) groups is 1. The van der Waals surface area contributed by atoms with E-state index in [4.69, 9.17) is 26.7 Å². The van der Waals surface area contributed by atoms with E-state index < -0.39 is 29.5 Å². The van der Waals surface area contributed by atoms with E-state index in [2.05, 4.69) is 4.99 Å². The number of guanidine groups is 1. The summed E-state index contributed by atoms with van der Waals surface area (Å²) in [4.78, 5) is 52.6. The minimum Gasteiger partial charge on any atom is -0.489 e. The lowest BCUT2D eigenvalue weighted by atomic mass is 9.93. The van der Waals surface area contributed by atoms with Crippen LogP contribution in [-0.2, 0) is 16.0 Å². The molecule has 7 N–H and O–H groups in total. The van der Waals surface area contributed by atoms with Crippen LogP contribution >= 0.6 is 0 Å². The lowest BCUT2D eigenvalue weighted by Gasteiger charge is -2.19. The lowest BCUT2D eigenvalue weighted by molar-refractivity contribution is -0.142. The molecule has 0 fully saturated rings. The number of fused-ring (bicyclic) bond motifs is 2. The van der Waals surface area contributed by atoms with Crippen molar-refractivity contribution in [2.45, 2.75) is 32.1 Å². The van der Waals surface area contributed by atoms with Crippen molar-refractivity contribution in [2.75, 3.05) is 6.61 Å². The van der Waals surface area contributed by atoms with Gasteiger partial charge in [-0.25, -0.2) is 9.79 Å². The van der Waals surface area contributed by atoms with Crippen molar-refractivity contribution in [3.63, 3.8) is 0 Å². The third-order valence-corrected chi connectivity index (χ3v) is 5.41. The first-order chi connectivity index (χ1) is 16.7. The smallest absolute Gasteiger partial charge is 0.343 e. The molecule has 1 heterocycles. The largest absolute Gasteiger partial charge is 0.489 e. The van der Waals surface area contributed by atoms with Crippen LogP contribution in [0.5, 0.6) is 11.5 Å². The Bertz CT molecular complexity index is 1190. The summed E-state index contributed by atoms with van der Waals surface area (Å²) in [6.45, 7) is 0.199. The van der Waals surface area contributed by atoms with Gasteiger partial charge < -0.3 is 31.8 Å². The second-order valence-corrected chi connectivity index (χ2v) is 8.02. The van der Waals surface area contributed by atoms with Crippen molar-refractivity contribution < 1.29 is 33.8 Å². The molecule has 1 aliphatic rings. The monoisotopic (exact) mass is 482 g/mol. The molecule has 1 atom stereocenters. The summed E-state index contributed by atoms with van der Waals surface area (Å²) in [7, 11) is 0. The van der Waals surface area contributed by atoms with Crippen LogP contribution in [0, 0.1) is 5.92 Å². The average Bonchev–Trinajstić information content (AvgIpc) is 2.79. The van der Waals surface area contributed by atoms with Crippen LogP contribution in [0.3, 0.4) is 0 Å². The highest BCUT2D eigenvalue weighted by Crippen LogP contribution is 2.35. The molecular formula is C24H26N4O7. The number of carbonyl (C=O) groups excluding carboxylic acids is 3. The molecule has 1 amide bonds. The van der Waals surface area contributed by atoms with Gasteiger partial charge >= 0.3 is 11.9 Å². The number of nitrogens with zero attached hydrogens (tertiary/aromatic N) is 1. The van der Waals surface area contributed by atoms with Crippen LogP contribution in [0.1, 0.15) is 52.0 Å². The number of hydrogen-bond acceptors (Lipinski definition) is 7. The van der Waals surface area contributed by atoms with Crippen molar-refractivity contribution >= 4 is 35.3 Å². The molecule has 0 unspecified atom stereocenters. The fraction of sp³-hybridized carbons (Fsp3) is 0.292. The topological polar surface area (TPSA) is 197 Å². The van der Waals surface area contributed by atoms with Crippen molar-refractivity contribution in [2.24, 2.45) is 28.1 Å². The Balaban J connectivity index is 1.90. The highest BCUT2D eigenvalue weighted by molar-refractivity contribution is 6.02. The number of esters is 1. The van der Waals surface area contributed by atoms with E-state index >= 15 is 0 Å². The second-order valence-electron chi connectivity index (χ2n) is 8.02. The van der Waals surface area contributed by atoms with Crippen LogP contribution in [0.2, 0.25) is 0 Å². The van der Waals surface area contributed by atoms with E-state index in [1.165, 1.54) is 18.2 Å². The number of Topliss-reactive ketones (excluding diaryl/α,β-unsaturated/α-hetero) is 1. The fourth-order valence-electron chi connectivity index (χ4n) is 3.72. The molecule has 0 aromatic heterocycles. The number of para-hydroxylation sites is 1. The maximum absolute atomic E-state index is 13.0. The average molecular weight is 482 g/mol. The van der Waals surface area contributed by atoms with Crippen LogP contribution in [0.4, 0.5) is 5.69 Å². The third-order valence-electron chi connectivity index (χ3n) is 5.41. The first-order valence-corrected chi connectivity index (χ1v) is 10.9. The van der Waals surface area contributed by atoms with Gasteiger partial charge in [0.25, 0.3) is 0 Å². The molecule has 0 bridgehead atoms. The number of aryl methyl sites for hydroxylation is 1. The lowest BCUT2D eigenvalue weighted by Crippen LogP contribution is -2.22. The summed E-state index contributed by atoms with van der Waals surface area (Å²) in [6.07, 6.45) is 0.365. The summed E-state index contributed by atoms with van der Waals surface area (Å²) in [6, 6.07) is 9.31. The SMILES string of the molecule is NC(=O)CC[C@H](CC(=O)c1cccc2c1OCCCc1cc(N=C(N)N)ccc1C(=O)O2)C(=O)O. The first-order valence-electron chi connectivity index (χ1n) is 10.9. The van der Waals surface area contributed by atoms with E-state index in [9.17, 15) is 24.3 Å². The first kappa shape index (κ1) is 25.2. The number of rotatable bonds is 8. The Hall–Kier alpha value is -4.41. The summed E-state index contributed by atoms with van der Waals surface area (Å²) in [5.74, 6) is -4.15. The van der Waals surface area contributed by atoms with E-state index in [0.29, 0.717) is 29.7 Å². The predicted molar refractivity (Wildman–Crippen MR) is 126 cm³/mol. The Labute approximate surface area is 200 Å². The van der Waals surface area contributed by atoms with E-state index in [-0.39, 0.29) is 48.9 Å². The van der Waals surface area contributed by atoms with Gasteiger partial charge in [-0.2, -0.15) is 0 Å². The Kier molecular flexibility index (Phi) is 8.03. The van der Waals surface area contributed by atoms with E-state index in [1.807, 2.05) is 0 Å². The van der Waals surface area contributed by atoms with E-state index in [0.717, 1.165) is 0 Å². The van der Waals surface area contributed by atoms with E-state index in [1.54, 1.807) is 18.2 Å². The molecule has 35 heavy (non-hydrogen) atoms. The number of ketones is 1. The van der Waals surface area contributed by atoms with Crippen molar-refractivity contribution in [1.29, 1.82) is 0 Å². The molecule has 0 spiro atoms. The summed E-state index contributed by atoms with van der Waals surface area (Å²) >= 11 is 0. The van der Waals surface area contributed by atoms with Crippen molar-refractivity contribution in [1.82, 2.24) is 0 Å². The minimum atomic E-state index is -1.21. The normalized spacial score (nSPS) is 13.8. The van der Waals surface area contributed by atoms with Gasteiger partial charge in [0.05, 0.1) is 29.3 Å². The molecule has 3 rings (SSSR count). The zero-order valence-electron chi connectivity index (χ0n) is 18.9. The number of ether oxygens (including phenoxy) is 2. The fourth-order valence-corrected chi connectivity index (χ4v) is 3.72. The molecule has 11 heteroatoms. The summed E-state index contributed by atoms with van der Waals surface area (Å²) in [5.41, 5.74) is 17.6. The standard InChI is InChI=1S/C24H26N4O7/c25-20(30)9-6-14(22(31)32)12-18(29)17-4-1-5-19-21(17)34-10-2-3-13-11-15(28-24(26)27)7-8-16(13)23(33)35-19/h1,4-5,7-8,11,14H,2-3,6,9-10,12H2,(H2,25,30)(H,31,32)(H4,26,27,28)/t14-/m1/s1. The Morgan fingerprint density at radius 1 is 1.11 bits per heavy atom. The number of carboxylic acids is 1. The number of primary amides is 1. The Morgan fingerprint density at radius 3 is 2.57 bits per heavy atom. The molecule has 0 saturated heterocycles. The van der Waals surface area contributed by atoms with Gasteiger partial charge in [-0.15, -0.1) is 0 Å². The summed E-state index contributed by atoms with van der Waals surface area (Å²) < 4.78 is 11.4. The number of hydrogen-bond donors (Lipinski definition) is 4. The molecule has 1 aliphatic heterocycles. The van der Waals surface area contributed by atoms with Gasteiger partial charge in [-0.05, 0) is 55.2 Å². The number of nitrogens with two attached hydrogens (primary N) is 3. The zero-order chi connectivity index (χ0) is 25.5. The van der Waals surface area contributed by atoms with Crippen LogP contribution < -0.4 is 26.7 Å². The van der Waals surface area contributed by atoms with Gasteiger partial charge in [-0.3, -0.25) is 14.4 Å². The van der Waals surface area contributed by atoms with Gasteiger partial charge in [0.2, 0.25) is 5.91 Å². The van der Waals surface area contributed by atoms with Crippen molar-refractivity contribution in [3.8, 4) is 11.5 Å². The highest BCUT2D eigenvalue weighted by atomic mass is 16.6. The van der Waals surface area contributed by atoms with Gasteiger partial charge in [0.1, 0.15) is 0 Å². The number of amides is 1. The quantitative estimate of drug-likeness (QED) is 0.142. The van der Waals surface area contributed by atoms with Crippen LogP contribution in [0.15, 0.2) is 41.4 Å². The molecule has 2 aromatic carbocycles. The second kappa shape index (κ2) is 11.1. The molecule has 0 aliphatic carbocycles. The van der Waals surface area contributed by atoms with Gasteiger partial charge in [-0.1, -0.05) is 6.07 Å². The summed E-state index contributed by atoms with van der Waals surface area (Å²) in [5, 5.41) is 9.44. The third kappa shape index (κ3) is 6.56. The van der Waals surface area contributed by atoms with Gasteiger partial charge in [0, 0.05) is 12.8 Å². The molecule has 0 saturated carbocycles. The maximum atomic E-state index is 13.0. The molecule has 184 valence electrons. The molecule has 2 aromatic rings. The number of aliphatic carboxylic acids is 1. The van der Waals surface area contributed by atoms with Crippen LogP contribution in [-0.4, -0.2) is 41.3 Å². The minimum absolute atomic E-state index is 0.0333. The zero-order valence-corrected chi connectivity index (χ0v) is 18.9. The van der Waals surface area contributed by atoms with Gasteiger partial charge in [0.15, 0.2) is 23.2 Å². The number of benzene rings is 2. The van der Waals surface area contributed by atoms with Crippen molar-refractivity contribution in [3.05, 3.63) is 53.1 Å². The predicted octanol–water partition coefficient (Wildman–Crippen LogP) is 1.67. The number of carbonyl (C=O) groups is 4. The number of carboxylic acid groups (broad SMARTS) is 1. The highest BCUT2D eigenvalue weighted by Gasteiger charge is 2.27. The molecular weight excluding hydrogens is 456 g/mol. The molecule has 11 nitrogen and oxygen atoms in total. The molecule has 0 radical (unpaired) electrons. The van der Waals surface area contributed by atoms with Crippen LogP contribution in [0.25, 0.3) is 0 Å².